The molecule has 0 bridgehead atoms. The van der Waals surface area contributed by atoms with Crippen molar-refractivity contribution in [1.29, 1.82) is 0 Å². The Labute approximate surface area is 200 Å². The van der Waals surface area contributed by atoms with Crippen molar-refractivity contribution >= 4 is 29.2 Å². The number of halogens is 1. The molecular weight excluding hydrogens is 437 g/mol. The molecule has 8 heteroatoms. The number of benzene rings is 2. The minimum Gasteiger partial charge on any atom is -0.444 e. The van der Waals surface area contributed by atoms with E-state index in [1.807, 2.05) is 4.90 Å². The molecule has 0 saturated heterocycles. The Kier molecular flexibility index (Phi) is 8.52. The van der Waals surface area contributed by atoms with Crippen molar-refractivity contribution in [2.45, 2.75) is 59.3 Å². The summed E-state index contributed by atoms with van der Waals surface area (Å²) in [5.41, 5.74) is 0.766. The fourth-order valence-corrected chi connectivity index (χ4v) is 2.93. The molecule has 2 aromatic rings. The van der Waals surface area contributed by atoms with Gasteiger partial charge in [0, 0.05) is 12.2 Å². The molecule has 182 valence electrons. The van der Waals surface area contributed by atoms with Gasteiger partial charge in [0.2, 0.25) is 0 Å². The van der Waals surface area contributed by atoms with Gasteiger partial charge in [0.1, 0.15) is 17.0 Å². The van der Waals surface area contributed by atoms with Crippen LogP contribution in [0, 0.1) is 18.2 Å². The van der Waals surface area contributed by atoms with Gasteiger partial charge in [-0.2, -0.15) is 0 Å². The predicted molar refractivity (Wildman–Crippen MR) is 132 cm³/mol. The number of nitrogens with one attached hydrogen (secondary N) is 2. The second-order valence-electron chi connectivity index (χ2n) is 9.67. The Morgan fingerprint density at radius 1 is 0.912 bits per heavy atom. The number of carbonyl (C=O) groups is 2. The van der Waals surface area contributed by atoms with Crippen LogP contribution in [-0.2, 0) is 16.0 Å². The molecular formula is C26H32FN3O4. The van der Waals surface area contributed by atoms with E-state index in [0.717, 1.165) is 5.56 Å². The van der Waals surface area contributed by atoms with Gasteiger partial charge in [-0.05, 0) is 77.4 Å². The molecule has 2 N–H and O–H groups in total. The zero-order chi connectivity index (χ0) is 25.5. The lowest BCUT2D eigenvalue weighted by molar-refractivity contribution is 0.0621. The molecule has 0 unspecified atom stereocenters. The highest BCUT2D eigenvalue weighted by Gasteiger charge is 2.21. The molecule has 0 aliphatic rings. The van der Waals surface area contributed by atoms with Crippen LogP contribution < -0.4 is 15.5 Å². The molecule has 7 nitrogen and oxygen atoms in total. The normalized spacial score (nSPS) is 11.2. The predicted octanol–water partition coefficient (Wildman–Crippen LogP) is 6.16. The Hall–Kier alpha value is -3.73. The van der Waals surface area contributed by atoms with Crippen molar-refractivity contribution in [1.82, 2.24) is 0 Å². The van der Waals surface area contributed by atoms with Gasteiger partial charge in [0.15, 0.2) is 0 Å². The van der Waals surface area contributed by atoms with E-state index in [4.69, 9.17) is 15.9 Å². The molecule has 2 rings (SSSR count). The number of terminal acetylenes is 1. The number of nitrogens with zero attached hydrogens (tertiary/aromatic N) is 1. The number of hydrogen-bond acceptors (Lipinski definition) is 5. The SMILES string of the molecule is C#CCN(Cc1ccc(F)cc1)c1ccc(NC(=O)OC(C)(C)C)c(NC(=O)OC(C)(C)C)c1. The molecule has 0 aliphatic heterocycles. The van der Waals surface area contributed by atoms with Crippen molar-refractivity contribution in [2.24, 2.45) is 0 Å². The van der Waals surface area contributed by atoms with Crippen LogP contribution in [0.5, 0.6) is 0 Å². The second-order valence-corrected chi connectivity index (χ2v) is 9.67. The van der Waals surface area contributed by atoms with Crippen LogP contribution in [0.1, 0.15) is 47.1 Å². The average Bonchev–Trinajstić information content (AvgIpc) is 2.67. The molecule has 0 saturated carbocycles. The topological polar surface area (TPSA) is 79.9 Å². The second kappa shape index (κ2) is 10.9. The van der Waals surface area contributed by atoms with Crippen LogP contribution in [-0.4, -0.2) is 29.9 Å². The standard InChI is InChI=1S/C26H32FN3O4/c1-8-15-30(17-18-9-11-19(27)12-10-18)20-13-14-21(28-23(31)33-25(2,3)4)22(16-20)29-24(32)34-26(5,6)7/h1,9-14,16H,15,17H2,2-7H3,(H,28,31)(H,29,32). The first-order valence-corrected chi connectivity index (χ1v) is 10.8. The van der Waals surface area contributed by atoms with Crippen LogP contribution in [0.2, 0.25) is 0 Å². The molecule has 0 spiro atoms. The fourth-order valence-electron chi connectivity index (χ4n) is 2.93. The molecule has 0 atom stereocenters. The smallest absolute Gasteiger partial charge is 0.412 e. The average molecular weight is 470 g/mol. The minimum atomic E-state index is -0.710. The van der Waals surface area contributed by atoms with E-state index < -0.39 is 23.4 Å². The van der Waals surface area contributed by atoms with Gasteiger partial charge in [-0.1, -0.05) is 18.1 Å². The Morgan fingerprint density at radius 2 is 1.44 bits per heavy atom. The zero-order valence-corrected chi connectivity index (χ0v) is 20.5. The first-order chi connectivity index (χ1) is 15.8. The van der Waals surface area contributed by atoms with Gasteiger partial charge in [-0.3, -0.25) is 10.6 Å². The highest BCUT2D eigenvalue weighted by molar-refractivity contribution is 5.96. The van der Waals surface area contributed by atoms with Crippen molar-refractivity contribution in [2.75, 3.05) is 22.1 Å². The lowest BCUT2D eigenvalue weighted by Gasteiger charge is -2.25. The number of amides is 2. The summed E-state index contributed by atoms with van der Waals surface area (Å²) in [6.45, 7) is 11.2. The Bertz CT molecular complexity index is 1050. The van der Waals surface area contributed by atoms with E-state index in [-0.39, 0.29) is 12.4 Å². The third-order valence-electron chi connectivity index (χ3n) is 4.21. The third kappa shape index (κ3) is 9.02. The summed E-state index contributed by atoms with van der Waals surface area (Å²) in [5.74, 6) is 2.29. The molecule has 0 aromatic heterocycles. The summed E-state index contributed by atoms with van der Waals surface area (Å²) < 4.78 is 24.0. The van der Waals surface area contributed by atoms with Crippen molar-refractivity contribution < 1.29 is 23.5 Å². The number of carbonyl (C=O) groups excluding carboxylic acids is 2. The maximum Gasteiger partial charge on any atom is 0.412 e. The van der Waals surface area contributed by atoms with Gasteiger partial charge in [-0.15, -0.1) is 6.42 Å². The molecule has 0 fully saturated rings. The third-order valence-corrected chi connectivity index (χ3v) is 4.21. The summed E-state index contributed by atoms with van der Waals surface area (Å²) in [7, 11) is 0. The van der Waals surface area contributed by atoms with Crippen molar-refractivity contribution in [3.63, 3.8) is 0 Å². The van der Waals surface area contributed by atoms with E-state index in [1.54, 1.807) is 71.9 Å². The van der Waals surface area contributed by atoms with Crippen LogP contribution >= 0.6 is 0 Å². The van der Waals surface area contributed by atoms with Gasteiger partial charge in [0.05, 0.1) is 17.9 Å². The summed E-state index contributed by atoms with van der Waals surface area (Å²) in [6, 6.07) is 11.2. The summed E-state index contributed by atoms with van der Waals surface area (Å²) in [4.78, 5) is 26.7. The summed E-state index contributed by atoms with van der Waals surface area (Å²) >= 11 is 0. The number of anilines is 3. The molecule has 34 heavy (non-hydrogen) atoms. The van der Waals surface area contributed by atoms with E-state index in [9.17, 15) is 14.0 Å². The van der Waals surface area contributed by atoms with Crippen molar-refractivity contribution in [3.05, 3.63) is 53.8 Å². The first-order valence-electron chi connectivity index (χ1n) is 10.8. The maximum atomic E-state index is 13.3. The van der Waals surface area contributed by atoms with E-state index in [0.29, 0.717) is 23.6 Å². The van der Waals surface area contributed by atoms with Gasteiger partial charge in [-0.25, -0.2) is 14.0 Å². The zero-order valence-electron chi connectivity index (χ0n) is 20.5. The van der Waals surface area contributed by atoms with E-state index >= 15 is 0 Å². The molecule has 2 amide bonds. The van der Waals surface area contributed by atoms with Gasteiger partial charge in [0.25, 0.3) is 0 Å². The lowest BCUT2D eigenvalue weighted by atomic mass is 10.1. The molecule has 0 heterocycles. The number of rotatable bonds is 6. The number of ether oxygens (including phenoxy) is 2. The van der Waals surface area contributed by atoms with Gasteiger partial charge < -0.3 is 14.4 Å². The minimum absolute atomic E-state index is 0.266. The maximum absolute atomic E-state index is 13.3. The monoisotopic (exact) mass is 469 g/mol. The van der Waals surface area contributed by atoms with Gasteiger partial charge >= 0.3 is 12.2 Å². The first kappa shape index (κ1) is 26.5. The number of hydrogen-bond donors (Lipinski definition) is 2. The summed E-state index contributed by atoms with van der Waals surface area (Å²) in [5, 5.41) is 5.34. The largest absolute Gasteiger partial charge is 0.444 e. The lowest BCUT2D eigenvalue weighted by Crippen LogP contribution is -2.29. The highest BCUT2D eigenvalue weighted by Crippen LogP contribution is 2.30. The van der Waals surface area contributed by atoms with Crippen LogP contribution in [0.25, 0.3) is 0 Å². The Balaban J connectivity index is 2.37. The molecule has 2 aromatic carbocycles. The quantitative estimate of drug-likeness (QED) is 0.495. The Morgan fingerprint density at radius 3 is 1.94 bits per heavy atom. The molecule has 0 radical (unpaired) electrons. The van der Waals surface area contributed by atoms with E-state index in [2.05, 4.69) is 16.6 Å². The summed E-state index contributed by atoms with van der Waals surface area (Å²) in [6.07, 6.45) is 4.22. The highest BCUT2D eigenvalue weighted by atomic mass is 19.1. The van der Waals surface area contributed by atoms with Crippen LogP contribution in [0.15, 0.2) is 42.5 Å². The van der Waals surface area contributed by atoms with Crippen LogP contribution in [0.4, 0.5) is 31.0 Å². The van der Waals surface area contributed by atoms with Crippen molar-refractivity contribution in [3.8, 4) is 12.3 Å². The fraction of sp³-hybridized carbons (Fsp3) is 0.385. The van der Waals surface area contributed by atoms with Crippen LogP contribution in [0.3, 0.4) is 0 Å². The van der Waals surface area contributed by atoms with E-state index in [1.165, 1.54) is 12.1 Å². The molecule has 0 aliphatic carbocycles.